The van der Waals surface area contributed by atoms with Crippen molar-refractivity contribution < 1.29 is 22.8 Å². The molecule has 2 aromatic carbocycles. The van der Waals surface area contributed by atoms with E-state index < -0.39 is 17.6 Å². The molecular weight excluding hydrogens is 371 g/mol. The van der Waals surface area contributed by atoms with Crippen LogP contribution in [0.3, 0.4) is 0 Å². The highest BCUT2D eigenvalue weighted by atomic mass is 19.4. The van der Waals surface area contributed by atoms with E-state index in [-0.39, 0.29) is 24.7 Å². The topological polar surface area (TPSA) is 61.4 Å². The van der Waals surface area contributed by atoms with Gasteiger partial charge in [0.25, 0.3) is 0 Å². The minimum atomic E-state index is -4.56. The van der Waals surface area contributed by atoms with Crippen molar-refractivity contribution in [3.8, 4) is 0 Å². The second kappa shape index (κ2) is 9.89. The number of nitrogens with zero attached hydrogens (tertiary/aromatic N) is 1. The van der Waals surface area contributed by atoms with Crippen molar-refractivity contribution in [1.29, 1.82) is 0 Å². The van der Waals surface area contributed by atoms with Gasteiger partial charge in [0.15, 0.2) is 0 Å². The average molecular weight is 393 g/mol. The van der Waals surface area contributed by atoms with Crippen molar-refractivity contribution in [3.63, 3.8) is 0 Å². The molecule has 2 N–H and O–H groups in total. The van der Waals surface area contributed by atoms with Crippen LogP contribution in [-0.4, -0.2) is 43.4 Å². The average Bonchev–Trinajstić information content (AvgIpc) is 2.61. The van der Waals surface area contributed by atoms with Gasteiger partial charge in [-0.25, -0.2) is 0 Å². The Labute approximate surface area is 161 Å². The second-order valence-corrected chi connectivity index (χ2v) is 6.35. The lowest BCUT2D eigenvalue weighted by Crippen LogP contribution is -2.39. The number of rotatable bonds is 8. The molecule has 0 aliphatic heterocycles. The van der Waals surface area contributed by atoms with Crippen LogP contribution in [0.4, 0.5) is 18.9 Å². The fraction of sp³-hybridized carbons (Fsp3) is 0.300. The van der Waals surface area contributed by atoms with E-state index in [0.717, 1.165) is 11.6 Å². The van der Waals surface area contributed by atoms with Crippen molar-refractivity contribution in [3.05, 3.63) is 65.7 Å². The predicted octanol–water partition coefficient (Wildman–Crippen LogP) is 2.93. The number of carbonyl (C=O) groups is 2. The lowest BCUT2D eigenvalue weighted by molar-refractivity contribution is -0.137. The van der Waals surface area contributed by atoms with Gasteiger partial charge in [0, 0.05) is 6.54 Å². The predicted molar refractivity (Wildman–Crippen MR) is 101 cm³/mol. The first kappa shape index (κ1) is 21.4. The molecule has 0 fully saturated rings. The number of carbonyl (C=O) groups excluding carboxylic acids is 2. The zero-order valence-electron chi connectivity index (χ0n) is 15.4. The lowest BCUT2D eigenvalue weighted by Gasteiger charge is -2.17. The van der Waals surface area contributed by atoms with E-state index in [0.29, 0.717) is 13.0 Å². The highest BCUT2D eigenvalue weighted by molar-refractivity contribution is 5.93. The molecule has 0 aliphatic rings. The molecule has 2 amide bonds. The minimum absolute atomic E-state index is 0.0386. The standard InChI is InChI=1S/C20H22F3N3O2/c1-26(13-18(27)24-12-11-15-7-3-2-4-8-15)14-19(28)25-17-10-6-5-9-16(17)20(21,22)23/h2-10H,11-14H2,1H3,(H,24,27)(H,25,28). The number of hydrogen-bond donors (Lipinski definition) is 2. The number of anilines is 1. The summed E-state index contributed by atoms with van der Waals surface area (Å²) in [5, 5.41) is 5.01. The van der Waals surface area contributed by atoms with Crippen LogP contribution in [0.15, 0.2) is 54.6 Å². The van der Waals surface area contributed by atoms with E-state index in [9.17, 15) is 22.8 Å². The van der Waals surface area contributed by atoms with E-state index in [1.165, 1.54) is 23.1 Å². The number of para-hydroxylation sites is 1. The molecular formula is C20H22F3N3O2. The molecule has 0 saturated carbocycles. The molecule has 0 atom stereocenters. The highest BCUT2D eigenvalue weighted by Crippen LogP contribution is 2.34. The van der Waals surface area contributed by atoms with Crippen molar-refractivity contribution >= 4 is 17.5 Å². The third kappa shape index (κ3) is 7.03. The Morgan fingerprint density at radius 3 is 2.21 bits per heavy atom. The highest BCUT2D eigenvalue weighted by Gasteiger charge is 2.33. The maximum Gasteiger partial charge on any atom is 0.418 e. The number of likely N-dealkylation sites (N-methyl/N-ethyl adjacent to an activating group) is 1. The van der Waals surface area contributed by atoms with Gasteiger partial charge in [-0.05, 0) is 31.2 Å². The maximum absolute atomic E-state index is 13.0. The zero-order valence-corrected chi connectivity index (χ0v) is 15.4. The molecule has 2 rings (SSSR count). The van der Waals surface area contributed by atoms with Gasteiger partial charge in [0.05, 0.1) is 24.3 Å². The van der Waals surface area contributed by atoms with Crippen LogP contribution in [0.2, 0.25) is 0 Å². The fourth-order valence-corrected chi connectivity index (χ4v) is 2.62. The van der Waals surface area contributed by atoms with Crippen LogP contribution < -0.4 is 10.6 Å². The summed E-state index contributed by atoms with van der Waals surface area (Å²) < 4.78 is 38.9. The summed E-state index contributed by atoms with van der Waals surface area (Å²) >= 11 is 0. The van der Waals surface area contributed by atoms with Crippen LogP contribution in [0.5, 0.6) is 0 Å². The van der Waals surface area contributed by atoms with Gasteiger partial charge in [0.2, 0.25) is 11.8 Å². The summed E-state index contributed by atoms with van der Waals surface area (Å²) in [5.74, 6) is -0.891. The number of halogens is 3. The SMILES string of the molecule is CN(CC(=O)NCCc1ccccc1)CC(=O)Nc1ccccc1C(F)(F)F. The van der Waals surface area contributed by atoms with Gasteiger partial charge in [-0.1, -0.05) is 42.5 Å². The van der Waals surface area contributed by atoms with Crippen LogP contribution in [-0.2, 0) is 22.2 Å². The quantitative estimate of drug-likeness (QED) is 0.725. The summed E-state index contributed by atoms with van der Waals surface area (Å²) in [6.45, 7) is 0.212. The Balaban J connectivity index is 1.77. The Hall–Kier alpha value is -2.87. The first-order valence-corrected chi connectivity index (χ1v) is 8.71. The Morgan fingerprint density at radius 1 is 0.929 bits per heavy atom. The number of benzene rings is 2. The first-order valence-electron chi connectivity index (χ1n) is 8.71. The van der Waals surface area contributed by atoms with Crippen LogP contribution in [0.25, 0.3) is 0 Å². The van der Waals surface area contributed by atoms with Crippen LogP contribution >= 0.6 is 0 Å². The van der Waals surface area contributed by atoms with Crippen molar-refractivity contribution in [2.45, 2.75) is 12.6 Å². The Bertz CT molecular complexity index is 795. The largest absolute Gasteiger partial charge is 0.418 e. The number of alkyl halides is 3. The maximum atomic E-state index is 13.0. The molecule has 150 valence electrons. The molecule has 8 heteroatoms. The summed E-state index contributed by atoms with van der Waals surface area (Å²) in [6, 6.07) is 14.4. The van der Waals surface area contributed by atoms with E-state index >= 15 is 0 Å². The van der Waals surface area contributed by atoms with Crippen molar-refractivity contribution in [2.75, 3.05) is 32.0 Å². The van der Waals surface area contributed by atoms with E-state index in [1.54, 1.807) is 7.05 Å². The van der Waals surface area contributed by atoms with Gasteiger partial charge in [-0.3, -0.25) is 14.5 Å². The number of nitrogens with one attached hydrogen (secondary N) is 2. The molecule has 0 spiro atoms. The molecule has 0 unspecified atom stereocenters. The lowest BCUT2D eigenvalue weighted by atomic mass is 10.1. The molecule has 0 bridgehead atoms. The number of hydrogen-bond acceptors (Lipinski definition) is 3. The molecule has 0 radical (unpaired) electrons. The summed E-state index contributed by atoms with van der Waals surface area (Å²) in [6.07, 6.45) is -3.88. The fourth-order valence-electron chi connectivity index (χ4n) is 2.62. The van der Waals surface area contributed by atoms with Crippen LogP contribution in [0.1, 0.15) is 11.1 Å². The summed E-state index contributed by atoms with van der Waals surface area (Å²) in [5.41, 5.74) is -0.121. The molecule has 2 aromatic rings. The molecule has 0 saturated heterocycles. The van der Waals surface area contributed by atoms with E-state index in [4.69, 9.17) is 0 Å². The van der Waals surface area contributed by atoms with Gasteiger partial charge in [0.1, 0.15) is 0 Å². The van der Waals surface area contributed by atoms with E-state index in [1.807, 2.05) is 30.3 Å². The second-order valence-electron chi connectivity index (χ2n) is 6.35. The Morgan fingerprint density at radius 2 is 1.54 bits per heavy atom. The third-order valence-corrected chi connectivity index (χ3v) is 3.91. The third-order valence-electron chi connectivity index (χ3n) is 3.91. The zero-order chi connectivity index (χ0) is 20.6. The monoisotopic (exact) mass is 393 g/mol. The van der Waals surface area contributed by atoms with Crippen molar-refractivity contribution in [2.24, 2.45) is 0 Å². The smallest absolute Gasteiger partial charge is 0.355 e. The number of amides is 2. The molecule has 0 aliphatic carbocycles. The van der Waals surface area contributed by atoms with Gasteiger partial charge in [-0.15, -0.1) is 0 Å². The van der Waals surface area contributed by atoms with Crippen LogP contribution in [0, 0.1) is 0 Å². The first-order chi connectivity index (χ1) is 13.3. The molecule has 28 heavy (non-hydrogen) atoms. The van der Waals surface area contributed by atoms with Gasteiger partial charge >= 0.3 is 6.18 Å². The summed E-state index contributed by atoms with van der Waals surface area (Å²) in [7, 11) is 1.55. The normalized spacial score (nSPS) is 11.3. The van der Waals surface area contributed by atoms with Crippen molar-refractivity contribution in [1.82, 2.24) is 10.2 Å². The molecule has 5 nitrogen and oxygen atoms in total. The molecule has 0 heterocycles. The van der Waals surface area contributed by atoms with E-state index in [2.05, 4.69) is 10.6 Å². The minimum Gasteiger partial charge on any atom is -0.355 e. The molecule has 0 aromatic heterocycles. The van der Waals surface area contributed by atoms with Gasteiger partial charge < -0.3 is 10.6 Å². The van der Waals surface area contributed by atoms with Gasteiger partial charge in [-0.2, -0.15) is 13.2 Å². The summed E-state index contributed by atoms with van der Waals surface area (Å²) in [4.78, 5) is 25.4. The Kier molecular flexibility index (Phi) is 7.57.